The Balaban J connectivity index is 1.89. The highest BCUT2D eigenvalue weighted by molar-refractivity contribution is 7.89. The summed E-state index contributed by atoms with van der Waals surface area (Å²) in [7, 11) is -1.83. The Bertz CT molecular complexity index is 921. The highest BCUT2D eigenvalue weighted by atomic mass is 32.2. The first-order chi connectivity index (χ1) is 10.4. The third-order valence-corrected chi connectivity index (χ3v) is 5.18. The van der Waals surface area contributed by atoms with Gasteiger partial charge >= 0.3 is 0 Å². The van der Waals surface area contributed by atoms with E-state index in [1.165, 1.54) is 0 Å². The Hall–Kier alpha value is -2.19. The molecule has 1 N–H and O–H groups in total. The smallest absolute Gasteiger partial charge is 0.246 e. The number of rotatable bonds is 4. The normalized spacial score (nSPS) is 12.1. The minimum atomic E-state index is -3.69. The molecule has 116 valence electrons. The van der Waals surface area contributed by atoms with Crippen molar-refractivity contribution in [2.24, 2.45) is 7.05 Å². The van der Waals surface area contributed by atoms with Crippen molar-refractivity contribution in [1.82, 2.24) is 19.4 Å². The van der Waals surface area contributed by atoms with Crippen molar-refractivity contribution in [3.05, 3.63) is 41.5 Å². The molecule has 0 saturated carbocycles. The Morgan fingerprint density at radius 3 is 2.64 bits per heavy atom. The first kappa shape index (κ1) is 14.7. The third kappa shape index (κ3) is 2.40. The van der Waals surface area contributed by atoms with Crippen LogP contribution in [0.3, 0.4) is 0 Å². The van der Waals surface area contributed by atoms with Crippen molar-refractivity contribution in [1.29, 1.82) is 0 Å². The maximum atomic E-state index is 12.4. The lowest BCUT2D eigenvalue weighted by atomic mass is 10.3. The summed E-state index contributed by atoms with van der Waals surface area (Å²) in [5, 5.41) is 3.67. The Morgan fingerprint density at radius 2 is 2.00 bits per heavy atom. The summed E-state index contributed by atoms with van der Waals surface area (Å²) in [5.41, 5.74) is 2.13. The fraction of sp³-hybridized carbons (Fsp3) is 0.286. The average Bonchev–Trinajstić information content (AvgIpc) is 2.98. The van der Waals surface area contributed by atoms with Gasteiger partial charge in [0.2, 0.25) is 10.0 Å². The molecule has 22 heavy (non-hydrogen) atoms. The summed E-state index contributed by atoms with van der Waals surface area (Å²) in [6.45, 7) is 3.27. The first-order valence-corrected chi connectivity index (χ1v) is 8.21. The van der Waals surface area contributed by atoms with Crippen molar-refractivity contribution in [3.63, 3.8) is 0 Å². The maximum absolute atomic E-state index is 12.4. The molecule has 0 aliphatic carbocycles. The monoisotopic (exact) mass is 320 g/mol. The van der Waals surface area contributed by atoms with Gasteiger partial charge in [-0.05, 0) is 26.0 Å². The fourth-order valence-corrected chi connectivity index (χ4v) is 3.75. The molecule has 0 fully saturated rings. The zero-order chi connectivity index (χ0) is 15.9. The lowest BCUT2D eigenvalue weighted by Crippen LogP contribution is -2.25. The van der Waals surface area contributed by atoms with Crippen LogP contribution in [0.25, 0.3) is 11.0 Å². The molecule has 0 radical (unpaired) electrons. The van der Waals surface area contributed by atoms with E-state index in [0.29, 0.717) is 11.5 Å². The molecule has 0 aliphatic heterocycles. The number of nitrogens with one attached hydrogen (secondary N) is 1. The number of hydrogen-bond donors (Lipinski definition) is 1. The van der Waals surface area contributed by atoms with E-state index in [0.717, 1.165) is 11.0 Å². The topological polar surface area (TPSA) is 90.0 Å². The molecule has 2 heterocycles. The van der Waals surface area contributed by atoms with Gasteiger partial charge in [-0.1, -0.05) is 17.3 Å². The minimum absolute atomic E-state index is 0.0891. The minimum Gasteiger partial charge on any atom is -0.360 e. The predicted octanol–water partition coefficient (Wildman–Crippen LogP) is 1.66. The summed E-state index contributed by atoms with van der Waals surface area (Å²) in [6, 6.07) is 7.64. The van der Waals surface area contributed by atoms with Crippen molar-refractivity contribution in [3.8, 4) is 0 Å². The summed E-state index contributed by atoms with van der Waals surface area (Å²) in [5.74, 6) is 0.909. The second kappa shape index (κ2) is 5.22. The second-order valence-corrected chi connectivity index (χ2v) is 6.76. The number of sulfonamides is 1. The van der Waals surface area contributed by atoms with E-state index >= 15 is 0 Å². The Morgan fingerprint density at radius 1 is 1.27 bits per heavy atom. The molecule has 3 aromatic rings. The summed E-state index contributed by atoms with van der Waals surface area (Å²) >= 11 is 0. The number of hydrogen-bond acceptors (Lipinski definition) is 5. The van der Waals surface area contributed by atoms with Crippen molar-refractivity contribution < 1.29 is 12.9 Å². The van der Waals surface area contributed by atoms with Crippen LogP contribution in [0.2, 0.25) is 0 Å². The van der Waals surface area contributed by atoms with E-state index < -0.39 is 10.0 Å². The van der Waals surface area contributed by atoms with Gasteiger partial charge in [-0.3, -0.25) is 0 Å². The number of aryl methyl sites for hydroxylation is 3. The predicted molar refractivity (Wildman–Crippen MR) is 80.7 cm³/mol. The quantitative estimate of drug-likeness (QED) is 0.789. The largest absolute Gasteiger partial charge is 0.360 e. The molecule has 0 spiro atoms. The second-order valence-electron chi connectivity index (χ2n) is 5.05. The molecule has 0 unspecified atom stereocenters. The van der Waals surface area contributed by atoms with Crippen LogP contribution in [0.15, 0.2) is 33.7 Å². The highest BCUT2D eigenvalue weighted by Crippen LogP contribution is 2.19. The molecule has 0 atom stereocenters. The number of nitrogens with zero attached hydrogens (tertiary/aromatic N) is 3. The summed E-state index contributed by atoms with van der Waals surface area (Å²) in [4.78, 5) is 4.53. The standard InChI is InChI=1S/C14H16N4O3S/c1-9-14(10(2)21-17-9)22(19,20)15-8-13-16-11-6-4-5-7-12(11)18(13)3/h4-7,15H,8H2,1-3H3. The maximum Gasteiger partial charge on any atom is 0.246 e. The van der Waals surface area contributed by atoms with E-state index in [-0.39, 0.29) is 17.2 Å². The van der Waals surface area contributed by atoms with Gasteiger partial charge in [0, 0.05) is 7.05 Å². The van der Waals surface area contributed by atoms with Crippen molar-refractivity contribution in [2.75, 3.05) is 0 Å². The van der Waals surface area contributed by atoms with Crippen LogP contribution in [-0.4, -0.2) is 23.1 Å². The highest BCUT2D eigenvalue weighted by Gasteiger charge is 2.24. The lowest BCUT2D eigenvalue weighted by Gasteiger charge is -2.06. The van der Waals surface area contributed by atoms with Crippen LogP contribution in [0.4, 0.5) is 0 Å². The molecule has 1 aromatic carbocycles. The number of imidazole rings is 1. The number of aromatic nitrogens is 3. The molecule has 2 aromatic heterocycles. The Labute approximate surface area is 128 Å². The van der Waals surface area contributed by atoms with Crippen LogP contribution < -0.4 is 4.72 Å². The van der Waals surface area contributed by atoms with Gasteiger partial charge in [0.1, 0.15) is 16.4 Å². The molecule has 0 saturated heterocycles. The summed E-state index contributed by atoms with van der Waals surface area (Å²) < 4.78 is 34.1. The van der Waals surface area contributed by atoms with Gasteiger partial charge in [0.15, 0.2) is 5.76 Å². The van der Waals surface area contributed by atoms with Crippen LogP contribution in [-0.2, 0) is 23.6 Å². The molecule has 0 aliphatic rings. The van der Waals surface area contributed by atoms with Gasteiger partial charge in [-0.15, -0.1) is 0 Å². The summed E-state index contributed by atoms with van der Waals surface area (Å²) in [6.07, 6.45) is 0. The first-order valence-electron chi connectivity index (χ1n) is 6.73. The number of benzene rings is 1. The zero-order valence-electron chi connectivity index (χ0n) is 12.5. The molecule has 0 bridgehead atoms. The van der Waals surface area contributed by atoms with Gasteiger partial charge in [-0.2, -0.15) is 0 Å². The van der Waals surface area contributed by atoms with Crippen molar-refractivity contribution >= 4 is 21.1 Å². The van der Waals surface area contributed by atoms with Gasteiger partial charge in [0.05, 0.1) is 17.6 Å². The van der Waals surface area contributed by atoms with E-state index in [1.54, 1.807) is 13.8 Å². The van der Waals surface area contributed by atoms with Crippen LogP contribution in [0.1, 0.15) is 17.3 Å². The van der Waals surface area contributed by atoms with E-state index in [4.69, 9.17) is 4.52 Å². The van der Waals surface area contributed by atoms with Crippen LogP contribution >= 0.6 is 0 Å². The Kier molecular flexibility index (Phi) is 3.50. The van der Waals surface area contributed by atoms with Gasteiger partial charge < -0.3 is 9.09 Å². The van der Waals surface area contributed by atoms with Crippen LogP contribution in [0.5, 0.6) is 0 Å². The molecular weight excluding hydrogens is 304 g/mol. The van der Waals surface area contributed by atoms with E-state index in [9.17, 15) is 8.42 Å². The average molecular weight is 320 g/mol. The zero-order valence-corrected chi connectivity index (χ0v) is 13.3. The fourth-order valence-electron chi connectivity index (χ4n) is 2.44. The molecule has 3 rings (SSSR count). The molecule has 8 heteroatoms. The van der Waals surface area contributed by atoms with E-state index in [1.807, 2.05) is 35.9 Å². The third-order valence-electron chi connectivity index (χ3n) is 3.54. The number of fused-ring (bicyclic) bond motifs is 1. The molecule has 7 nitrogen and oxygen atoms in total. The SMILES string of the molecule is Cc1noc(C)c1S(=O)(=O)NCc1nc2ccccc2n1C. The van der Waals surface area contributed by atoms with Crippen LogP contribution in [0, 0.1) is 13.8 Å². The van der Waals surface area contributed by atoms with Gasteiger partial charge in [-0.25, -0.2) is 18.1 Å². The number of para-hydroxylation sites is 2. The van der Waals surface area contributed by atoms with Crippen molar-refractivity contribution in [2.45, 2.75) is 25.3 Å². The molecular formula is C14H16N4O3S. The molecule has 0 amide bonds. The lowest BCUT2D eigenvalue weighted by molar-refractivity contribution is 0.390. The van der Waals surface area contributed by atoms with E-state index in [2.05, 4.69) is 14.9 Å². The van der Waals surface area contributed by atoms with Gasteiger partial charge in [0.25, 0.3) is 0 Å².